The summed E-state index contributed by atoms with van der Waals surface area (Å²) < 4.78 is 26.3. The molecule has 0 unspecified atom stereocenters. The van der Waals surface area contributed by atoms with E-state index in [-0.39, 0.29) is 6.47 Å². The highest BCUT2D eigenvalue weighted by Crippen LogP contribution is 2.22. The molecule has 9 heteroatoms. The Bertz CT molecular complexity index is 615. The van der Waals surface area contributed by atoms with Crippen LogP contribution in [0.5, 0.6) is 0 Å². The van der Waals surface area contributed by atoms with Gasteiger partial charge in [-0.15, -0.1) is 0 Å². The highest BCUT2D eigenvalue weighted by molar-refractivity contribution is 7.87. The lowest BCUT2D eigenvalue weighted by molar-refractivity contribution is -0.385. The van der Waals surface area contributed by atoms with Crippen LogP contribution in [0.25, 0.3) is 0 Å². The molecule has 0 spiro atoms. The Morgan fingerprint density at radius 1 is 1.47 bits per heavy atom. The van der Waals surface area contributed by atoms with Crippen molar-refractivity contribution in [3.05, 3.63) is 33.9 Å². The van der Waals surface area contributed by atoms with Gasteiger partial charge in [0.15, 0.2) is 0 Å². The minimum atomic E-state index is -4.33. The Morgan fingerprint density at radius 2 is 2.12 bits per heavy atom. The van der Waals surface area contributed by atoms with Crippen molar-refractivity contribution in [3.63, 3.8) is 0 Å². The third-order valence-electron chi connectivity index (χ3n) is 1.74. The van der Waals surface area contributed by atoms with E-state index in [1.165, 1.54) is 6.07 Å². The number of carbonyl (C=O) groups is 1. The molecule has 1 rings (SSSR count). The van der Waals surface area contributed by atoms with Crippen molar-refractivity contribution in [3.8, 4) is 6.07 Å². The summed E-state index contributed by atoms with van der Waals surface area (Å²) in [6, 6.07) is 3.96. The average Bonchev–Trinajstić information content (AvgIpc) is 2.27. The van der Waals surface area contributed by atoms with Gasteiger partial charge in [0.05, 0.1) is 4.92 Å². The summed E-state index contributed by atoms with van der Waals surface area (Å²) in [5.41, 5.74) is -0.969. The second-order valence-corrected chi connectivity index (χ2v) is 4.27. The van der Waals surface area contributed by atoms with Gasteiger partial charge in [0.2, 0.25) is 0 Å². The number of nitriles is 1. The van der Waals surface area contributed by atoms with E-state index in [1.54, 1.807) is 0 Å². The third-order valence-corrected chi connectivity index (χ3v) is 2.90. The van der Waals surface area contributed by atoms with E-state index in [0.29, 0.717) is 0 Å². The monoisotopic (exact) mass is 256 g/mol. The van der Waals surface area contributed by atoms with Crippen LogP contribution in [0.2, 0.25) is 0 Å². The molecular weight excluding hydrogens is 252 g/mol. The number of hydrogen-bond acceptors (Lipinski definition) is 7. The molecule has 0 radical (unpaired) electrons. The molecule has 0 aliphatic carbocycles. The van der Waals surface area contributed by atoms with Gasteiger partial charge in [-0.05, 0) is 12.1 Å². The lowest BCUT2D eigenvalue weighted by Crippen LogP contribution is -2.05. The molecule has 0 N–H and O–H groups in total. The number of carbonyl (C=O) groups excluding carboxylic acids is 1. The van der Waals surface area contributed by atoms with Gasteiger partial charge in [0.25, 0.3) is 5.69 Å². The lowest BCUT2D eigenvalue weighted by atomic mass is 10.2. The predicted octanol–water partition coefficient (Wildman–Crippen LogP) is 0.328. The Balaban J connectivity index is 3.39. The van der Waals surface area contributed by atoms with Crippen LogP contribution < -0.4 is 0 Å². The van der Waals surface area contributed by atoms with E-state index in [2.05, 4.69) is 4.18 Å². The zero-order valence-electron chi connectivity index (χ0n) is 8.06. The topological polar surface area (TPSA) is 127 Å². The first kappa shape index (κ1) is 12.6. The second kappa shape index (κ2) is 4.58. The molecule has 0 atom stereocenters. The van der Waals surface area contributed by atoms with Crippen LogP contribution in [-0.2, 0) is 19.1 Å². The van der Waals surface area contributed by atoms with Gasteiger partial charge in [-0.25, -0.2) is 0 Å². The molecule has 1 aromatic rings. The largest absolute Gasteiger partial charge is 0.345 e. The van der Waals surface area contributed by atoms with Crippen molar-refractivity contribution < 1.29 is 22.3 Å². The smallest absolute Gasteiger partial charge is 0.341 e. The molecule has 0 saturated heterocycles. The number of rotatable bonds is 4. The average molecular weight is 256 g/mol. The number of nitro groups is 1. The van der Waals surface area contributed by atoms with Crippen molar-refractivity contribution in [2.75, 3.05) is 0 Å². The maximum absolute atomic E-state index is 11.2. The zero-order chi connectivity index (χ0) is 13.1. The minimum Gasteiger partial charge on any atom is -0.345 e. The molecule has 1 aromatic carbocycles. The van der Waals surface area contributed by atoms with Gasteiger partial charge >= 0.3 is 16.6 Å². The molecule has 0 aliphatic rings. The van der Waals surface area contributed by atoms with E-state index >= 15 is 0 Å². The van der Waals surface area contributed by atoms with Crippen LogP contribution in [0.1, 0.15) is 5.56 Å². The van der Waals surface area contributed by atoms with Gasteiger partial charge in [0.1, 0.15) is 16.5 Å². The molecule has 0 saturated carbocycles. The molecule has 8 nitrogen and oxygen atoms in total. The molecule has 0 aliphatic heterocycles. The predicted molar refractivity (Wildman–Crippen MR) is 52.1 cm³/mol. The SMILES string of the molecule is N#Cc1cc(S(=O)(=O)OC=O)ccc1[N+](=O)[O-]. The normalized spacial score (nSPS) is 10.3. The Morgan fingerprint density at radius 3 is 2.59 bits per heavy atom. The molecule has 0 fully saturated rings. The molecular formula is C8H4N2O6S. The van der Waals surface area contributed by atoms with Gasteiger partial charge in [-0.2, -0.15) is 13.7 Å². The van der Waals surface area contributed by atoms with E-state index < -0.39 is 31.2 Å². The van der Waals surface area contributed by atoms with Crippen LogP contribution >= 0.6 is 0 Å². The van der Waals surface area contributed by atoms with Gasteiger partial charge < -0.3 is 4.18 Å². The van der Waals surface area contributed by atoms with Crippen LogP contribution in [0.3, 0.4) is 0 Å². The maximum atomic E-state index is 11.2. The number of nitrogens with zero attached hydrogens (tertiary/aromatic N) is 2. The molecule has 0 aromatic heterocycles. The van der Waals surface area contributed by atoms with Crippen LogP contribution in [0, 0.1) is 21.4 Å². The summed E-state index contributed by atoms with van der Waals surface area (Å²) in [7, 11) is -4.33. The number of nitro benzene ring substituents is 1. The fourth-order valence-corrected chi connectivity index (χ4v) is 1.74. The molecule has 0 bridgehead atoms. The summed E-state index contributed by atoms with van der Waals surface area (Å²) in [4.78, 5) is 19.1. The van der Waals surface area contributed by atoms with Crippen molar-refractivity contribution in [1.82, 2.24) is 0 Å². The Kier molecular flexibility index (Phi) is 3.40. The molecule has 0 heterocycles. The summed E-state index contributed by atoms with van der Waals surface area (Å²) in [5.74, 6) is 0. The molecule has 17 heavy (non-hydrogen) atoms. The van der Waals surface area contributed by atoms with Crippen LogP contribution in [0.4, 0.5) is 5.69 Å². The highest BCUT2D eigenvalue weighted by Gasteiger charge is 2.21. The van der Waals surface area contributed by atoms with E-state index in [0.717, 1.165) is 18.2 Å². The van der Waals surface area contributed by atoms with Gasteiger partial charge in [0, 0.05) is 6.07 Å². The van der Waals surface area contributed by atoms with E-state index in [1.807, 2.05) is 0 Å². The highest BCUT2D eigenvalue weighted by atomic mass is 32.2. The van der Waals surface area contributed by atoms with E-state index in [9.17, 15) is 23.3 Å². The van der Waals surface area contributed by atoms with Crippen LogP contribution in [-0.4, -0.2) is 19.8 Å². The summed E-state index contributed by atoms with van der Waals surface area (Å²) in [6.45, 7) is -0.289. The number of hydrogen-bond donors (Lipinski definition) is 0. The van der Waals surface area contributed by atoms with Crippen molar-refractivity contribution in [2.24, 2.45) is 0 Å². The Hall–Kier alpha value is -2.47. The first-order valence-electron chi connectivity index (χ1n) is 3.98. The quantitative estimate of drug-likeness (QED) is 0.328. The van der Waals surface area contributed by atoms with Crippen molar-refractivity contribution in [1.29, 1.82) is 5.26 Å². The standard InChI is InChI=1S/C8H4N2O6S/c9-4-6-3-7(17(14,15)16-5-11)1-2-8(6)10(12)13/h1-3,5H. The van der Waals surface area contributed by atoms with Crippen molar-refractivity contribution in [2.45, 2.75) is 4.90 Å². The number of benzene rings is 1. The fourth-order valence-electron chi connectivity index (χ4n) is 1.03. The van der Waals surface area contributed by atoms with Crippen LogP contribution in [0.15, 0.2) is 23.1 Å². The second-order valence-electron chi connectivity index (χ2n) is 2.69. The molecule has 0 amide bonds. The van der Waals surface area contributed by atoms with Gasteiger partial charge in [-0.3, -0.25) is 14.9 Å². The van der Waals surface area contributed by atoms with E-state index in [4.69, 9.17) is 5.26 Å². The first-order chi connectivity index (χ1) is 7.92. The summed E-state index contributed by atoms with van der Waals surface area (Å²) >= 11 is 0. The maximum Gasteiger partial charge on any atom is 0.341 e. The minimum absolute atomic E-state index is 0.289. The lowest BCUT2D eigenvalue weighted by Gasteiger charge is -2.01. The molecule has 88 valence electrons. The zero-order valence-corrected chi connectivity index (χ0v) is 8.88. The Labute approximate surface area is 95.3 Å². The van der Waals surface area contributed by atoms with Crippen molar-refractivity contribution >= 4 is 22.3 Å². The summed E-state index contributed by atoms with van der Waals surface area (Å²) in [6.07, 6.45) is 0. The summed E-state index contributed by atoms with van der Waals surface area (Å²) in [5, 5.41) is 19.1. The fraction of sp³-hybridized carbons (Fsp3) is 0. The first-order valence-corrected chi connectivity index (χ1v) is 5.38. The van der Waals surface area contributed by atoms with Gasteiger partial charge in [-0.1, -0.05) is 0 Å². The third kappa shape index (κ3) is 2.56.